The fraction of sp³-hybridized carbons (Fsp3) is 0.526. The number of rotatable bonds is 2. The summed E-state index contributed by atoms with van der Waals surface area (Å²) < 4.78 is 0. The number of nitrogens with one attached hydrogen (secondary N) is 2. The van der Waals surface area contributed by atoms with Crippen molar-refractivity contribution in [3.63, 3.8) is 0 Å². The second-order valence-corrected chi connectivity index (χ2v) is 7.23. The first kappa shape index (κ1) is 18.4. The summed E-state index contributed by atoms with van der Waals surface area (Å²) in [5.74, 6) is 0.0859. The Labute approximate surface area is 153 Å². The largest absolute Gasteiger partial charge is 0.356 e. The van der Waals surface area contributed by atoms with Crippen molar-refractivity contribution in [3.05, 3.63) is 29.8 Å². The molecule has 3 rings (SSSR count). The number of amides is 3. The highest BCUT2D eigenvalue weighted by Gasteiger charge is 2.42. The van der Waals surface area contributed by atoms with Gasteiger partial charge in [-0.15, -0.1) is 0 Å². The molecule has 2 aliphatic heterocycles. The number of ketones is 1. The molecule has 0 bridgehead atoms. The van der Waals surface area contributed by atoms with Crippen molar-refractivity contribution in [3.8, 4) is 0 Å². The maximum Gasteiger partial charge on any atom is 0.321 e. The lowest BCUT2D eigenvalue weighted by atomic mass is 9.86. The molecule has 0 aliphatic carbocycles. The molecular weight excluding hydrogens is 332 g/mol. The standard InChI is InChI=1S/C19H26N4O3/c1-14(24)15-3-5-16(6-4-15)21-18(26)23-12-11-22(2)19(13-23)8-7-17(25)20-10-9-19/h3-6H,7-13H2,1-2H3,(H,20,25)(H,21,26)/t19-/m1/s1. The number of carbonyl (C=O) groups excluding carboxylic acids is 3. The van der Waals surface area contributed by atoms with Crippen LogP contribution in [0.5, 0.6) is 0 Å². The van der Waals surface area contributed by atoms with Gasteiger partial charge in [0.15, 0.2) is 5.78 Å². The zero-order valence-corrected chi connectivity index (χ0v) is 15.4. The summed E-state index contributed by atoms with van der Waals surface area (Å²) in [6.07, 6.45) is 2.09. The predicted octanol–water partition coefficient (Wildman–Crippen LogP) is 1.71. The van der Waals surface area contributed by atoms with Gasteiger partial charge in [0.1, 0.15) is 0 Å². The summed E-state index contributed by atoms with van der Waals surface area (Å²) in [7, 11) is 2.07. The number of hydrogen-bond acceptors (Lipinski definition) is 4. The van der Waals surface area contributed by atoms with E-state index in [0.717, 1.165) is 19.4 Å². The maximum atomic E-state index is 12.7. The monoisotopic (exact) mass is 358 g/mol. The van der Waals surface area contributed by atoms with Crippen molar-refractivity contribution < 1.29 is 14.4 Å². The number of hydrogen-bond donors (Lipinski definition) is 2. The number of piperazine rings is 1. The van der Waals surface area contributed by atoms with Crippen LogP contribution in [0.4, 0.5) is 10.5 Å². The fourth-order valence-corrected chi connectivity index (χ4v) is 3.76. The van der Waals surface area contributed by atoms with Gasteiger partial charge in [0.25, 0.3) is 0 Å². The van der Waals surface area contributed by atoms with E-state index < -0.39 is 0 Å². The molecule has 2 N–H and O–H groups in total. The fourth-order valence-electron chi connectivity index (χ4n) is 3.76. The second-order valence-electron chi connectivity index (χ2n) is 7.23. The number of anilines is 1. The molecule has 2 aliphatic rings. The Balaban J connectivity index is 1.67. The first-order valence-corrected chi connectivity index (χ1v) is 9.04. The van der Waals surface area contributed by atoms with Gasteiger partial charge in [-0.25, -0.2) is 4.79 Å². The Morgan fingerprint density at radius 2 is 1.88 bits per heavy atom. The van der Waals surface area contributed by atoms with Crippen molar-refractivity contribution in [2.24, 2.45) is 0 Å². The van der Waals surface area contributed by atoms with Gasteiger partial charge >= 0.3 is 6.03 Å². The molecule has 7 heteroatoms. The van der Waals surface area contributed by atoms with Crippen molar-refractivity contribution in [1.82, 2.24) is 15.1 Å². The molecule has 0 saturated carbocycles. The molecule has 140 valence electrons. The highest BCUT2D eigenvalue weighted by molar-refractivity contribution is 5.95. The molecule has 0 radical (unpaired) electrons. The van der Waals surface area contributed by atoms with Crippen LogP contribution in [0.25, 0.3) is 0 Å². The zero-order valence-electron chi connectivity index (χ0n) is 15.4. The van der Waals surface area contributed by atoms with Gasteiger partial charge in [-0.05, 0) is 51.1 Å². The lowest BCUT2D eigenvalue weighted by Gasteiger charge is -2.49. The van der Waals surface area contributed by atoms with E-state index in [1.807, 2.05) is 4.90 Å². The van der Waals surface area contributed by atoms with Crippen LogP contribution in [0.3, 0.4) is 0 Å². The number of nitrogens with zero attached hydrogens (tertiary/aromatic N) is 2. The van der Waals surface area contributed by atoms with E-state index in [1.165, 1.54) is 6.92 Å². The van der Waals surface area contributed by atoms with Crippen LogP contribution in [0.15, 0.2) is 24.3 Å². The second kappa shape index (κ2) is 7.45. The summed E-state index contributed by atoms with van der Waals surface area (Å²) in [5, 5.41) is 5.84. The smallest absolute Gasteiger partial charge is 0.321 e. The van der Waals surface area contributed by atoms with E-state index >= 15 is 0 Å². The molecule has 0 aromatic heterocycles. The van der Waals surface area contributed by atoms with Crippen LogP contribution in [-0.2, 0) is 4.79 Å². The summed E-state index contributed by atoms with van der Waals surface area (Å²) in [6, 6.07) is 6.78. The first-order chi connectivity index (χ1) is 12.4. The summed E-state index contributed by atoms with van der Waals surface area (Å²) in [6.45, 7) is 4.20. The third kappa shape index (κ3) is 3.88. The Morgan fingerprint density at radius 3 is 2.58 bits per heavy atom. The van der Waals surface area contributed by atoms with Gasteiger partial charge in [-0.2, -0.15) is 0 Å². The van der Waals surface area contributed by atoms with E-state index in [4.69, 9.17) is 0 Å². The molecule has 7 nitrogen and oxygen atoms in total. The molecule has 1 atom stereocenters. The number of carbonyl (C=O) groups is 3. The summed E-state index contributed by atoms with van der Waals surface area (Å²) >= 11 is 0. The van der Waals surface area contributed by atoms with Crippen molar-refractivity contribution in [2.45, 2.75) is 31.7 Å². The van der Waals surface area contributed by atoms with Crippen molar-refractivity contribution in [1.29, 1.82) is 0 Å². The SMILES string of the molecule is CC(=O)c1ccc(NC(=O)N2CCN(C)[C@]3(CCNC(=O)CC3)C2)cc1. The molecule has 2 heterocycles. The van der Waals surface area contributed by atoms with Gasteiger partial charge in [-0.1, -0.05) is 0 Å². The van der Waals surface area contributed by atoms with E-state index in [9.17, 15) is 14.4 Å². The zero-order chi connectivity index (χ0) is 18.7. The van der Waals surface area contributed by atoms with Gasteiger partial charge in [0, 0.05) is 49.4 Å². The number of benzene rings is 1. The van der Waals surface area contributed by atoms with Crippen LogP contribution in [0, 0.1) is 0 Å². The molecule has 2 fully saturated rings. The summed E-state index contributed by atoms with van der Waals surface area (Å²) in [4.78, 5) is 39.9. The highest BCUT2D eigenvalue weighted by atomic mass is 16.2. The average molecular weight is 358 g/mol. The molecule has 1 aromatic carbocycles. The van der Waals surface area contributed by atoms with Gasteiger partial charge in [-0.3, -0.25) is 14.5 Å². The van der Waals surface area contributed by atoms with Gasteiger partial charge in [0.2, 0.25) is 5.91 Å². The quantitative estimate of drug-likeness (QED) is 0.789. The van der Waals surface area contributed by atoms with Gasteiger partial charge < -0.3 is 15.5 Å². The molecule has 3 amide bonds. The number of likely N-dealkylation sites (N-methyl/N-ethyl adjacent to an activating group) is 1. The molecule has 1 aromatic rings. The van der Waals surface area contributed by atoms with Crippen molar-refractivity contribution in [2.75, 3.05) is 38.5 Å². The predicted molar refractivity (Wildman–Crippen MR) is 99.3 cm³/mol. The normalized spacial score (nSPS) is 24.1. The molecule has 2 saturated heterocycles. The molecule has 0 unspecified atom stereocenters. The lowest BCUT2D eigenvalue weighted by molar-refractivity contribution is -0.121. The maximum absolute atomic E-state index is 12.7. The Morgan fingerprint density at radius 1 is 1.15 bits per heavy atom. The van der Waals surface area contributed by atoms with Crippen LogP contribution in [0.1, 0.15) is 36.5 Å². The lowest BCUT2D eigenvalue weighted by Crippen LogP contribution is -2.62. The molecule has 26 heavy (non-hydrogen) atoms. The van der Waals surface area contributed by atoms with E-state index in [2.05, 4.69) is 22.6 Å². The number of urea groups is 1. The average Bonchev–Trinajstić information content (AvgIpc) is 2.80. The van der Waals surface area contributed by atoms with Crippen LogP contribution in [0.2, 0.25) is 0 Å². The third-order valence-corrected chi connectivity index (χ3v) is 5.56. The van der Waals surface area contributed by atoms with E-state index in [0.29, 0.717) is 37.3 Å². The minimum atomic E-state index is -0.159. The van der Waals surface area contributed by atoms with Crippen LogP contribution >= 0.6 is 0 Å². The third-order valence-electron chi connectivity index (χ3n) is 5.56. The minimum Gasteiger partial charge on any atom is -0.356 e. The Bertz CT molecular complexity index is 703. The molecular formula is C19H26N4O3. The van der Waals surface area contributed by atoms with E-state index in [1.54, 1.807) is 24.3 Å². The topological polar surface area (TPSA) is 81.8 Å². The Kier molecular flexibility index (Phi) is 5.27. The van der Waals surface area contributed by atoms with E-state index in [-0.39, 0.29) is 23.3 Å². The van der Waals surface area contributed by atoms with Crippen LogP contribution in [-0.4, -0.2) is 66.3 Å². The Hall–Kier alpha value is -2.41. The number of Topliss-reactive ketones (excluding diaryl/α,β-unsaturated/α-hetero) is 1. The first-order valence-electron chi connectivity index (χ1n) is 9.04. The van der Waals surface area contributed by atoms with Gasteiger partial charge in [0.05, 0.1) is 0 Å². The minimum absolute atomic E-state index is 0.000376. The summed E-state index contributed by atoms with van der Waals surface area (Å²) in [5.41, 5.74) is 1.13. The molecule has 1 spiro atoms. The van der Waals surface area contributed by atoms with Crippen molar-refractivity contribution >= 4 is 23.4 Å². The highest BCUT2D eigenvalue weighted by Crippen LogP contribution is 2.30. The van der Waals surface area contributed by atoms with Crippen LogP contribution < -0.4 is 10.6 Å².